The largest absolute Gasteiger partial charge is 0.444 e. The summed E-state index contributed by atoms with van der Waals surface area (Å²) in [7, 11) is 0. The zero-order valence-electron chi connectivity index (χ0n) is 21.2. The zero-order valence-corrected chi connectivity index (χ0v) is 21.9. The molecule has 3 saturated heterocycles. The lowest BCUT2D eigenvalue weighted by Gasteiger charge is -2.49. The molecule has 4 rings (SSSR count). The number of halogens is 1. The van der Waals surface area contributed by atoms with Gasteiger partial charge in [-0.05, 0) is 77.0 Å². The highest BCUT2D eigenvalue weighted by Crippen LogP contribution is 2.31. The Morgan fingerprint density at radius 2 is 1.68 bits per heavy atom. The van der Waals surface area contributed by atoms with Crippen molar-refractivity contribution in [1.82, 2.24) is 14.7 Å². The van der Waals surface area contributed by atoms with Gasteiger partial charge in [-0.15, -0.1) is 0 Å². The third-order valence-electron chi connectivity index (χ3n) is 7.55. The fourth-order valence-electron chi connectivity index (χ4n) is 5.72. The van der Waals surface area contributed by atoms with Gasteiger partial charge in [0, 0.05) is 55.9 Å². The Bertz CT molecular complexity index is 783. The van der Waals surface area contributed by atoms with Crippen LogP contribution in [0.4, 0.5) is 4.79 Å². The van der Waals surface area contributed by atoms with E-state index in [1.54, 1.807) is 0 Å². The maximum atomic E-state index is 12.6. The fourth-order valence-corrected chi connectivity index (χ4v) is 5.85. The van der Waals surface area contributed by atoms with E-state index in [0.29, 0.717) is 18.1 Å². The van der Waals surface area contributed by atoms with Gasteiger partial charge in [0.05, 0.1) is 13.2 Å². The Labute approximate surface area is 210 Å². The lowest BCUT2D eigenvalue weighted by molar-refractivity contribution is -0.0337. The number of nitrogens with zero attached hydrogens (tertiary/aromatic N) is 3. The van der Waals surface area contributed by atoms with E-state index in [9.17, 15) is 4.79 Å². The Hall–Kier alpha value is -1.34. The molecule has 1 aromatic carbocycles. The summed E-state index contributed by atoms with van der Waals surface area (Å²) in [6, 6.07) is 10.0. The molecule has 1 aromatic rings. The molecule has 34 heavy (non-hydrogen) atoms. The van der Waals surface area contributed by atoms with Crippen molar-refractivity contribution >= 4 is 17.7 Å². The first-order chi connectivity index (χ1) is 16.3. The van der Waals surface area contributed by atoms with Gasteiger partial charge in [-0.2, -0.15) is 0 Å². The average molecular weight is 492 g/mol. The van der Waals surface area contributed by atoms with Crippen molar-refractivity contribution in [3.63, 3.8) is 0 Å². The molecule has 1 amide bonds. The maximum absolute atomic E-state index is 12.6. The number of piperidine rings is 2. The van der Waals surface area contributed by atoms with Crippen LogP contribution >= 0.6 is 11.6 Å². The van der Waals surface area contributed by atoms with Crippen LogP contribution in [0, 0.1) is 0 Å². The zero-order chi connectivity index (χ0) is 24.1. The summed E-state index contributed by atoms with van der Waals surface area (Å²) in [5, 5.41) is 0.799. The summed E-state index contributed by atoms with van der Waals surface area (Å²) in [5.41, 5.74) is 0.915. The molecular formula is C27H42ClN3O3. The molecule has 3 heterocycles. The molecule has 3 aliphatic heterocycles. The molecule has 0 bridgehead atoms. The first-order valence-corrected chi connectivity index (χ1v) is 13.5. The summed E-state index contributed by atoms with van der Waals surface area (Å²) in [5.74, 6) is 0. The number of ether oxygens (including phenoxy) is 2. The summed E-state index contributed by atoms with van der Waals surface area (Å²) in [6.45, 7) is 12.3. The van der Waals surface area contributed by atoms with Crippen LogP contribution in [0.2, 0.25) is 5.02 Å². The predicted molar refractivity (Wildman–Crippen MR) is 137 cm³/mol. The number of hydrogen-bond acceptors (Lipinski definition) is 5. The minimum Gasteiger partial charge on any atom is -0.444 e. The van der Waals surface area contributed by atoms with Gasteiger partial charge in [-0.3, -0.25) is 9.80 Å². The average Bonchev–Trinajstić information content (AvgIpc) is 2.83. The van der Waals surface area contributed by atoms with Crippen LogP contribution in [0.5, 0.6) is 0 Å². The third-order valence-corrected chi connectivity index (χ3v) is 7.80. The van der Waals surface area contributed by atoms with Crippen molar-refractivity contribution in [2.75, 3.05) is 45.9 Å². The molecule has 0 spiro atoms. The summed E-state index contributed by atoms with van der Waals surface area (Å²) < 4.78 is 11.2. The SMILES string of the molecule is CC(C)(C)OC(=O)N1CCC(N2C[C@H](N3CCOCC3)CC[C@@H]2CCc2ccc(Cl)cc2)CC1. The van der Waals surface area contributed by atoms with Crippen LogP contribution in [0.1, 0.15) is 58.4 Å². The van der Waals surface area contributed by atoms with Gasteiger partial charge >= 0.3 is 6.09 Å². The van der Waals surface area contributed by atoms with E-state index in [4.69, 9.17) is 21.1 Å². The van der Waals surface area contributed by atoms with Crippen LogP contribution in [0.15, 0.2) is 24.3 Å². The van der Waals surface area contributed by atoms with E-state index in [2.05, 4.69) is 21.9 Å². The molecule has 2 atom stereocenters. The van der Waals surface area contributed by atoms with Crippen molar-refractivity contribution in [2.45, 2.75) is 83.0 Å². The van der Waals surface area contributed by atoms with Gasteiger partial charge in [-0.25, -0.2) is 4.79 Å². The van der Waals surface area contributed by atoms with Crippen LogP contribution in [0.25, 0.3) is 0 Å². The number of benzene rings is 1. The molecular weight excluding hydrogens is 450 g/mol. The first-order valence-electron chi connectivity index (χ1n) is 13.1. The number of hydrogen-bond donors (Lipinski definition) is 0. The highest BCUT2D eigenvalue weighted by Gasteiger charge is 2.37. The monoisotopic (exact) mass is 491 g/mol. The first kappa shape index (κ1) is 25.7. The van der Waals surface area contributed by atoms with Crippen molar-refractivity contribution < 1.29 is 14.3 Å². The number of carbonyl (C=O) groups excluding carboxylic acids is 1. The molecule has 190 valence electrons. The van der Waals surface area contributed by atoms with Crippen molar-refractivity contribution in [3.05, 3.63) is 34.9 Å². The minimum absolute atomic E-state index is 0.171. The van der Waals surface area contributed by atoms with Gasteiger partial charge in [0.1, 0.15) is 5.60 Å². The summed E-state index contributed by atoms with van der Waals surface area (Å²) in [4.78, 5) is 19.9. The number of aryl methyl sites for hydroxylation is 1. The van der Waals surface area contributed by atoms with E-state index in [1.807, 2.05) is 37.8 Å². The second-order valence-corrected chi connectivity index (χ2v) is 11.5. The van der Waals surface area contributed by atoms with Crippen molar-refractivity contribution in [2.24, 2.45) is 0 Å². The van der Waals surface area contributed by atoms with E-state index < -0.39 is 5.60 Å². The second kappa shape index (κ2) is 11.6. The molecule has 6 nitrogen and oxygen atoms in total. The van der Waals surface area contributed by atoms with E-state index >= 15 is 0 Å². The molecule has 0 radical (unpaired) electrons. The Balaban J connectivity index is 1.38. The van der Waals surface area contributed by atoms with E-state index in [1.165, 1.54) is 24.8 Å². The number of amides is 1. The quantitative estimate of drug-likeness (QED) is 0.590. The van der Waals surface area contributed by atoms with E-state index in [0.717, 1.165) is 70.2 Å². The summed E-state index contributed by atoms with van der Waals surface area (Å²) >= 11 is 6.09. The Morgan fingerprint density at radius 1 is 1.00 bits per heavy atom. The van der Waals surface area contributed by atoms with Gasteiger partial charge in [0.15, 0.2) is 0 Å². The second-order valence-electron chi connectivity index (χ2n) is 11.1. The molecule has 0 saturated carbocycles. The van der Waals surface area contributed by atoms with Crippen molar-refractivity contribution in [1.29, 1.82) is 0 Å². The normalized spacial score (nSPS) is 25.9. The van der Waals surface area contributed by atoms with Crippen molar-refractivity contribution in [3.8, 4) is 0 Å². The van der Waals surface area contributed by atoms with Crippen LogP contribution in [0.3, 0.4) is 0 Å². The van der Waals surface area contributed by atoms with Crippen LogP contribution in [-0.4, -0.2) is 90.5 Å². The topological polar surface area (TPSA) is 45.2 Å². The van der Waals surface area contributed by atoms with Gasteiger partial charge in [-0.1, -0.05) is 23.7 Å². The Kier molecular flexibility index (Phi) is 8.78. The number of likely N-dealkylation sites (tertiary alicyclic amines) is 2. The van der Waals surface area contributed by atoms with Gasteiger partial charge in [0.25, 0.3) is 0 Å². The van der Waals surface area contributed by atoms with Gasteiger partial charge < -0.3 is 14.4 Å². The third kappa shape index (κ3) is 7.09. The number of morpholine rings is 1. The molecule has 0 aromatic heterocycles. The van der Waals surface area contributed by atoms with E-state index in [-0.39, 0.29) is 6.09 Å². The standard InChI is InChI=1S/C27H42ClN3O3/c1-27(2,3)34-26(32)30-14-12-24(13-15-30)31-20-25(29-16-18-33-19-17-29)11-10-23(31)9-6-21-4-7-22(28)8-5-21/h4-5,7-8,23-25H,6,9-20H2,1-3H3/t23-,25+/m0/s1. The highest BCUT2D eigenvalue weighted by atomic mass is 35.5. The fraction of sp³-hybridized carbons (Fsp3) is 0.741. The molecule has 0 unspecified atom stereocenters. The minimum atomic E-state index is -0.445. The molecule has 0 N–H and O–H groups in total. The smallest absolute Gasteiger partial charge is 0.410 e. The lowest BCUT2D eigenvalue weighted by atomic mass is 9.89. The highest BCUT2D eigenvalue weighted by molar-refractivity contribution is 6.30. The van der Waals surface area contributed by atoms with Crippen LogP contribution < -0.4 is 0 Å². The Morgan fingerprint density at radius 3 is 2.32 bits per heavy atom. The number of rotatable bonds is 5. The molecule has 0 aliphatic carbocycles. The molecule has 7 heteroatoms. The lowest BCUT2D eigenvalue weighted by Crippen LogP contribution is -2.59. The molecule has 3 fully saturated rings. The molecule has 3 aliphatic rings. The van der Waals surface area contributed by atoms with Crippen LogP contribution in [-0.2, 0) is 15.9 Å². The van der Waals surface area contributed by atoms with Gasteiger partial charge in [0.2, 0.25) is 0 Å². The maximum Gasteiger partial charge on any atom is 0.410 e. The number of carbonyl (C=O) groups is 1. The summed E-state index contributed by atoms with van der Waals surface area (Å²) in [6.07, 6.45) is 6.62. The predicted octanol–water partition coefficient (Wildman–Crippen LogP) is 4.84.